The SMILES string of the molecule is CC(C)[C@H](NC(=O)OCC1c2ccccc2-c2ccccc21)C(=O)NC(CCCNC(N)=O)C(=O)Nc1ccc(COC(=O)Oc2ccc([N+](=O)[O-])cc2)cc1. The first-order valence-corrected chi connectivity index (χ1v) is 17.8. The highest BCUT2D eigenvalue weighted by Crippen LogP contribution is 2.44. The molecule has 0 saturated heterocycles. The fourth-order valence-electron chi connectivity index (χ4n) is 6.17. The molecule has 1 unspecified atom stereocenters. The average molecular weight is 767 g/mol. The summed E-state index contributed by atoms with van der Waals surface area (Å²) in [4.78, 5) is 73.8. The van der Waals surface area contributed by atoms with Crippen molar-refractivity contribution in [3.63, 3.8) is 0 Å². The average Bonchev–Trinajstić information content (AvgIpc) is 3.50. The van der Waals surface area contributed by atoms with Crippen LogP contribution in [0.3, 0.4) is 0 Å². The minimum Gasteiger partial charge on any atom is -0.449 e. The first-order chi connectivity index (χ1) is 26.9. The molecule has 0 fully saturated rings. The summed E-state index contributed by atoms with van der Waals surface area (Å²) in [6, 6.07) is 24.3. The van der Waals surface area contributed by atoms with Crippen molar-refractivity contribution in [2.45, 2.75) is 51.3 Å². The molecule has 0 radical (unpaired) electrons. The van der Waals surface area contributed by atoms with Crippen molar-refractivity contribution >= 4 is 41.5 Å². The van der Waals surface area contributed by atoms with E-state index in [9.17, 15) is 34.1 Å². The van der Waals surface area contributed by atoms with E-state index in [0.717, 1.165) is 22.3 Å². The summed E-state index contributed by atoms with van der Waals surface area (Å²) < 4.78 is 15.8. The fraction of sp³-hybridized carbons (Fsp3) is 0.275. The number of non-ortho nitro benzene ring substituents is 1. The van der Waals surface area contributed by atoms with Crippen molar-refractivity contribution in [2.24, 2.45) is 11.7 Å². The number of carbonyl (C=O) groups is 5. The Labute approximate surface area is 322 Å². The highest BCUT2D eigenvalue weighted by Gasteiger charge is 2.32. The summed E-state index contributed by atoms with van der Waals surface area (Å²) in [5.74, 6) is -1.65. The smallest absolute Gasteiger partial charge is 0.449 e. The van der Waals surface area contributed by atoms with Gasteiger partial charge >= 0.3 is 18.3 Å². The van der Waals surface area contributed by atoms with Crippen LogP contribution in [0, 0.1) is 16.0 Å². The molecular weight excluding hydrogens is 724 g/mol. The molecule has 0 aromatic heterocycles. The Hall–Kier alpha value is -6.97. The van der Waals surface area contributed by atoms with Gasteiger partial charge in [0.05, 0.1) is 4.92 Å². The lowest BCUT2D eigenvalue weighted by Gasteiger charge is -2.25. The number of nitrogens with two attached hydrogens (primary N) is 1. The Morgan fingerprint density at radius 3 is 2.02 bits per heavy atom. The molecule has 0 aliphatic heterocycles. The van der Waals surface area contributed by atoms with E-state index in [1.165, 1.54) is 24.3 Å². The number of nitro groups is 1. The summed E-state index contributed by atoms with van der Waals surface area (Å²) in [6.07, 6.45) is -1.39. The van der Waals surface area contributed by atoms with Crippen LogP contribution >= 0.6 is 0 Å². The number of nitrogens with zero attached hydrogens (tertiary/aromatic N) is 1. The van der Waals surface area contributed by atoms with Crippen LogP contribution < -0.4 is 31.7 Å². The monoisotopic (exact) mass is 766 g/mol. The molecule has 4 aromatic carbocycles. The highest BCUT2D eigenvalue weighted by atomic mass is 16.7. The summed E-state index contributed by atoms with van der Waals surface area (Å²) in [7, 11) is 0. The van der Waals surface area contributed by atoms with E-state index in [1.54, 1.807) is 38.1 Å². The maximum absolute atomic E-state index is 13.6. The van der Waals surface area contributed by atoms with Crippen LogP contribution in [0.4, 0.5) is 25.8 Å². The van der Waals surface area contributed by atoms with Gasteiger partial charge in [-0.15, -0.1) is 0 Å². The zero-order chi connectivity index (χ0) is 40.2. The predicted molar refractivity (Wildman–Crippen MR) is 205 cm³/mol. The van der Waals surface area contributed by atoms with Crippen LogP contribution in [0.5, 0.6) is 5.75 Å². The summed E-state index contributed by atoms with van der Waals surface area (Å²) in [6.45, 7) is 3.54. The van der Waals surface area contributed by atoms with Crippen molar-refractivity contribution in [1.29, 1.82) is 0 Å². The maximum atomic E-state index is 13.6. The molecule has 4 aromatic rings. The van der Waals surface area contributed by atoms with Crippen molar-refractivity contribution in [3.8, 4) is 16.9 Å². The van der Waals surface area contributed by atoms with Crippen LogP contribution in [0.2, 0.25) is 0 Å². The van der Waals surface area contributed by atoms with Gasteiger partial charge in [0.15, 0.2) is 0 Å². The van der Waals surface area contributed by atoms with E-state index in [-0.39, 0.29) is 49.5 Å². The van der Waals surface area contributed by atoms with Gasteiger partial charge in [-0.3, -0.25) is 19.7 Å². The molecule has 5 amide bonds. The number of benzene rings is 4. The van der Waals surface area contributed by atoms with Gasteiger partial charge in [0, 0.05) is 30.3 Å². The number of anilines is 1. The van der Waals surface area contributed by atoms with E-state index in [2.05, 4.69) is 21.3 Å². The van der Waals surface area contributed by atoms with Gasteiger partial charge in [0.2, 0.25) is 11.8 Å². The summed E-state index contributed by atoms with van der Waals surface area (Å²) >= 11 is 0. The first kappa shape index (κ1) is 40.2. The number of amides is 5. The second-order valence-electron chi connectivity index (χ2n) is 13.3. The molecule has 0 spiro atoms. The molecular formula is C40H42N6O10. The lowest BCUT2D eigenvalue weighted by atomic mass is 9.98. The number of primary amides is 1. The van der Waals surface area contributed by atoms with Gasteiger partial charge in [0.1, 0.15) is 31.0 Å². The number of ether oxygens (including phenoxy) is 3. The minimum absolute atomic E-state index is 0.0569. The van der Waals surface area contributed by atoms with Crippen LogP contribution in [-0.4, -0.2) is 60.3 Å². The second-order valence-corrected chi connectivity index (χ2v) is 13.3. The summed E-state index contributed by atoms with van der Waals surface area (Å²) in [5.41, 5.74) is 10.2. The number of hydrogen-bond acceptors (Lipinski definition) is 10. The maximum Gasteiger partial charge on any atom is 0.514 e. The Morgan fingerprint density at radius 1 is 0.804 bits per heavy atom. The molecule has 0 saturated carbocycles. The number of nitro benzene ring substituents is 1. The number of hydrogen-bond donors (Lipinski definition) is 5. The van der Waals surface area contributed by atoms with E-state index in [4.69, 9.17) is 19.9 Å². The lowest BCUT2D eigenvalue weighted by Crippen LogP contribution is -2.54. The molecule has 0 bridgehead atoms. The van der Waals surface area contributed by atoms with E-state index in [0.29, 0.717) is 17.7 Å². The third kappa shape index (κ3) is 10.8. The number of urea groups is 1. The Kier molecular flexibility index (Phi) is 13.6. The summed E-state index contributed by atoms with van der Waals surface area (Å²) in [5, 5.41) is 21.4. The van der Waals surface area contributed by atoms with Gasteiger partial charge in [-0.1, -0.05) is 74.5 Å². The molecule has 5 rings (SSSR count). The number of fused-ring (bicyclic) bond motifs is 3. The number of alkyl carbamates (subject to hydrolysis) is 1. The van der Waals surface area contributed by atoms with E-state index < -0.39 is 47.1 Å². The predicted octanol–water partition coefficient (Wildman–Crippen LogP) is 5.75. The standard InChI is InChI=1S/C40H42N6O10/c1-24(2)35(45-39(50)54-23-33-31-10-5-3-8-29(31)30-9-4-6-11-32(30)33)37(48)44-34(12-7-21-42-38(41)49)36(47)43-26-15-13-25(14-16-26)22-55-40(51)56-28-19-17-27(18-20-28)46(52)53/h3-6,8-11,13-20,24,33-35H,7,12,21-23H2,1-2H3,(H,43,47)(H,44,48)(H,45,50)(H3,41,42,49)/t34?,35-/m0/s1. The van der Waals surface area contributed by atoms with Crippen molar-refractivity contribution in [3.05, 3.63) is 124 Å². The molecule has 1 aliphatic carbocycles. The van der Waals surface area contributed by atoms with Gasteiger partial charge in [0.25, 0.3) is 5.69 Å². The molecule has 16 nitrogen and oxygen atoms in total. The van der Waals surface area contributed by atoms with Crippen LogP contribution in [-0.2, 0) is 25.7 Å². The van der Waals surface area contributed by atoms with Gasteiger partial charge in [-0.25, -0.2) is 14.4 Å². The van der Waals surface area contributed by atoms with E-state index in [1.807, 2.05) is 48.5 Å². The van der Waals surface area contributed by atoms with Crippen LogP contribution in [0.25, 0.3) is 11.1 Å². The molecule has 0 heterocycles. The third-order valence-corrected chi connectivity index (χ3v) is 8.99. The van der Waals surface area contributed by atoms with Crippen molar-refractivity contribution in [1.82, 2.24) is 16.0 Å². The lowest BCUT2D eigenvalue weighted by molar-refractivity contribution is -0.384. The van der Waals surface area contributed by atoms with Crippen molar-refractivity contribution < 1.29 is 43.1 Å². The molecule has 2 atom stereocenters. The van der Waals surface area contributed by atoms with Gasteiger partial charge in [-0.2, -0.15) is 0 Å². The highest BCUT2D eigenvalue weighted by molar-refractivity contribution is 5.98. The normalized spacial score (nSPS) is 12.6. The number of nitrogens with one attached hydrogen (secondary N) is 4. The minimum atomic E-state index is -1.07. The number of carbonyl (C=O) groups excluding carboxylic acids is 5. The molecule has 16 heteroatoms. The first-order valence-electron chi connectivity index (χ1n) is 17.8. The van der Waals surface area contributed by atoms with Crippen LogP contribution in [0.15, 0.2) is 97.1 Å². The Morgan fingerprint density at radius 2 is 1.43 bits per heavy atom. The molecule has 6 N–H and O–H groups in total. The fourth-order valence-corrected chi connectivity index (χ4v) is 6.17. The largest absolute Gasteiger partial charge is 0.514 e. The molecule has 292 valence electrons. The van der Waals surface area contributed by atoms with Gasteiger partial charge < -0.3 is 41.2 Å². The third-order valence-electron chi connectivity index (χ3n) is 8.99. The topological polar surface area (TPSA) is 230 Å². The van der Waals surface area contributed by atoms with Crippen LogP contribution in [0.1, 0.15) is 49.3 Å². The molecule has 56 heavy (non-hydrogen) atoms. The zero-order valence-electron chi connectivity index (χ0n) is 30.7. The Bertz CT molecular complexity index is 2010. The van der Waals surface area contributed by atoms with Crippen molar-refractivity contribution in [2.75, 3.05) is 18.5 Å². The molecule has 1 aliphatic rings. The quantitative estimate of drug-likeness (QED) is 0.0305. The zero-order valence-corrected chi connectivity index (χ0v) is 30.7. The van der Waals surface area contributed by atoms with E-state index >= 15 is 0 Å². The Balaban J connectivity index is 1.16. The van der Waals surface area contributed by atoms with Gasteiger partial charge in [-0.05, 0) is 70.8 Å². The second kappa shape index (κ2) is 18.9. The number of rotatable bonds is 16.